The second-order valence-corrected chi connectivity index (χ2v) is 7.33. The summed E-state index contributed by atoms with van der Waals surface area (Å²) in [5, 5.41) is 1.05. The van der Waals surface area contributed by atoms with Gasteiger partial charge in [-0.05, 0) is 57.7 Å². The van der Waals surface area contributed by atoms with Crippen molar-refractivity contribution in [1.82, 2.24) is 10.4 Å². The lowest BCUT2D eigenvalue weighted by Gasteiger charge is -2.29. The van der Waals surface area contributed by atoms with Gasteiger partial charge >= 0.3 is 6.18 Å². The molecule has 1 heterocycles. The summed E-state index contributed by atoms with van der Waals surface area (Å²) in [4.78, 5) is 11.8. The van der Waals surface area contributed by atoms with E-state index in [1.807, 2.05) is 31.2 Å². The summed E-state index contributed by atoms with van der Waals surface area (Å²) in [5.41, 5.74) is 2.66. The predicted molar refractivity (Wildman–Crippen MR) is 93.6 cm³/mol. The molecule has 1 aromatic carbocycles. The molecule has 2 rings (SSSR count). The van der Waals surface area contributed by atoms with Crippen LogP contribution < -0.4 is 10.2 Å². The number of unbranched alkanes of at least 4 members (excludes halogenated alkanes) is 1. The number of halogens is 3. The Morgan fingerprint density at radius 1 is 1.23 bits per heavy atom. The minimum atomic E-state index is -4.37. The van der Waals surface area contributed by atoms with E-state index >= 15 is 0 Å². The van der Waals surface area contributed by atoms with Crippen LogP contribution in [0.15, 0.2) is 24.3 Å². The second-order valence-electron chi connectivity index (χ2n) is 7.33. The third-order valence-electron chi connectivity index (χ3n) is 4.61. The SMILES string of the molecule is CCOc1ccc(CCCC[C@H](N2CC(C)(C)C(=O)N2)C(F)(F)F)cc1. The molecule has 1 aliphatic heterocycles. The fourth-order valence-electron chi connectivity index (χ4n) is 3.09. The van der Waals surface area contributed by atoms with Crippen LogP contribution in [0.1, 0.15) is 45.6 Å². The van der Waals surface area contributed by atoms with Gasteiger partial charge in [0.15, 0.2) is 0 Å². The molecule has 0 unspecified atom stereocenters. The number of nitrogens with zero attached hydrogens (tertiary/aromatic N) is 1. The molecule has 7 heteroatoms. The Balaban J connectivity index is 1.85. The molecule has 0 radical (unpaired) electrons. The van der Waals surface area contributed by atoms with Crippen molar-refractivity contribution < 1.29 is 22.7 Å². The van der Waals surface area contributed by atoms with E-state index in [1.165, 1.54) is 0 Å². The number of hydrogen-bond donors (Lipinski definition) is 1. The summed E-state index contributed by atoms with van der Waals surface area (Å²) < 4.78 is 45.6. The van der Waals surface area contributed by atoms with Gasteiger partial charge in [-0.2, -0.15) is 13.2 Å². The molecule has 0 spiro atoms. The number of hydrogen-bond acceptors (Lipinski definition) is 3. The first-order valence-electron chi connectivity index (χ1n) is 8.99. The first-order chi connectivity index (χ1) is 12.1. The van der Waals surface area contributed by atoms with Crippen molar-refractivity contribution in [3.63, 3.8) is 0 Å². The molecule has 1 saturated heterocycles. The van der Waals surface area contributed by atoms with Crippen LogP contribution in [0.4, 0.5) is 13.2 Å². The molecule has 1 fully saturated rings. The van der Waals surface area contributed by atoms with Crippen molar-refractivity contribution in [2.24, 2.45) is 5.41 Å². The summed E-state index contributed by atoms with van der Waals surface area (Å²) in [6.45, 7) is 5.88. The summed E-state index contributed by atoms with van der Waals surface area (Å²) in [5.74, 6) is 0.432. The van der Waals surface area contributed by atoms with Gasteiger partial charge in [0.25, 0.3) is 0 Å². The van der Waals surface area contributed by atoms with Gasteiger partial charge in [0.1, 0.15) is 11.8 Å². The van der Waals surface area contributed by atoms with Crippen molar-refractivity contribution in [2.75, 3.05) is 13.2 Å². The number of aryl methyl sites for hydroxylation is 1. The Hall–Kier alpha value is -1.76. The third kappa shape index (κ3) is 5.37. The fourth-order valence-corrected chi connectivity index (χ4v) is 3.09. The van der Waals surface area contributed by atoms with Crippen molar-refractivity contribution in [3.8, 4) is 5.75 Å². The number of benzene rings is 1. The van der Waals surface area contributed by atoms with Crippen LogP contribution in [-0.4, -0.2) is 36.3 Å². The number of carbonyl (C=O) groups is 1. The highest BCUT2D eigenvalue weighted by Gasteiger charge is 2.49. The van der Waals surface area contributed by atoms with Crippen LogP contribution in [-0.2, 0) is 11.2 Å². The van der Waals surface area contributed by atoms with E-state index in [0.717, 1.165) is 22.7 Å². The van der Waals surface area contributed by atoms with Gasteiger partial charge in [0.2, 0.25) is 5.91 Å². The van der Waals surface area contributed by atoms with E-state index in [4.69, 9.17) is 4.74 Å². The lowest BCUT2D eigenvalue weighted by molar-refractivity contribution is -0.190. The van der Waals surface area contributed by atoms with Crippen LogP contribution in [0.2, 0.25) is 0 Å². The monoisotopic (exact) mass is 372 g/mol. The highest BCUT2D eigenvalue weighted by molar-refractivity contribution is 5.83. The van der Waals surface area contributed by atoms with E-state index in [0.29, 0.717) is 19.4 Å². The van der Waals surface area contributed by atoms with Gasteiger partial charge in [-0.25, -0.2) is 5.01 Å². The molecular weight excluding hydrogens is 345 g/mol. The maximum Gasteiger partial charge on any atom is 0.405 e. The first-order valence-corrected chi connectivity index (χ1v) is 8.99. The zero-order valence-corrected chi connectivity index (χ0v) is 15.5. The van der Waals surface area contributed by atoms with E-state index in [1.54, 1.807) is 13.8 Å². The fraction of sp³-hybridized carbons (Fsp3) is 0.632. The Kier molecular flexibility index (Phi) is 6.55. The number of alkyl halides is 3. The third-order valence-corrected chi connectivity index (χ3v) is 4.61. The molecule has 4 nitrogen and oxygen atoms in total. The van der Waals surface area contributed by atoms with Gasteiger partial charge in [-0.1, -0.05) is 18.6 Å². The number of rotatable bonds is 8. The molecule has 26 heavy (non-hydrogen) atoms. The lowest BCUT2D eigenvalue weighted by atomic mass is 9.94. The maximum absolute atomic E-state index is 13.4. The van der Waals surface area contributed by atoms with Crippen LogP contribution in [0.25, 0.3) is 0 Å². The number of amides is 1. The van der Waals surface area contributed by atoms with Gasteiger partial charge in [-0.3, -0.25) is 10.2 Å². The first kappa shape index (κ1) is 20.6. The van der Waals surface area contributed by atoms with Crippen molar-refractivity contribution in [1.29, 1.82) is 0 Å². The summed E-state index contributed by atoms with van der Waals surface area (Å²) in [6, 6.07) is 5.98. The van der Waals surface area contributed by atoms with Crippen LogP contribution >= 0.6 is 0 Å². The number of carbonyl (C=O) groups excluding carboxylic acids is 1. The molecule has 1 amide bonds. The van der Waals surface area contributed by atoms with Gasteiger partial charge in [0, 0.05) is 6.54 Å². The Bertz CT molecular complexity index is 600. The van der Waals surface area contributed by atoms with E-state index in [2.05, 4.69) is 5.43 Å². The summed E-state index contributed by atoms with van der Waals surface area (Å²) in [6.07, 6.45) is -2.59. The highest BCUT2D eigenvalue weighted by Crippen LogP contribution is 2.33. The van der Waals surface area contributed by atoms with E-state index < -0.39 is 17.6 Å². The van der Waals surface area contributed by atoms with Crippen molar-refractivity contribution in [2.45, 2.75) is 58.7 Å². The van der Waals surface area contributed by atoms with Gasteiger partial charge in [0.05, 0.1) is 12.0 Å². The van der Waals surface area contributed by atoms with Gasteiger partial charge in [-0.15, -0.1) is 0 Å². The molecule has 146 valence electrons. The molecule has 0 bridgehead atoms. The van der Waals surface area contributed by atoms with Crippen LogP contribution in [0.5, 0.6) is 5.75 Å². The van der Waals surface area contributed by atoms with Gasteiger partial charge < -0.3 is 4.74 Å². The number of nitrogens with one attached hydrogen (secondary N) is 1. The normalized spacial score (nSPS) is 18.6. The molecule has 1 aromatic rings. The van der Waals surface area contributed by atoms with Crippen LogP contribution in [0, 0.1) is 5.41 Å². The standard InChI is InChI=1S/C19H27F3N2O2/c1-4-26-15-11-9-14(10-12-15)7-5-6-8-16(19(20,21)22)24-13-18(2,3)17(25)23-24/h9-12,16H,4-8,13H2,1-3H3,(H,23,25)/t16-/m0/s1. The Labute approximate surface area is 152 Å². The summed E-state index contributed by atoms with van der Waals surface area (Å²) >= 11 is 0. The molecular formula is C19H27F3N2O2. The molecule has 1 N–H and O–H groups in total. The molecule has 1 aliphatic rings. The zero-order valence-electron chi connectivity index (χ0n) is 15.5. The minimum absolute atomic E-state index is 0.0309. The largest absolute Gasteiger partial charge is 0.494 e. The Morgan fingerprint density at radius 3 is 2.38 bits per heavy atom. The Morgan fingerprint density at radius 2 is 1.88 bits per heavy atom. The van der Waals surface area contributed by atoms with Crippen molar-refractivity contribution >= 4 is 5.91 Å². The van der Waals surface area contributed by atoms with Crippen LogP contribution in [0.3, 0.4) is 0 Å². The maximum atomic E-state index is 13.4. The number of hydrazine groups is 1. The quantitative estimate of drug-likeness (QED) is 0.699. The average Bonchev–Trinajstić information content (AvgIpc) is 2.80. The topological polar surface area (TPSA) is 41.6 Å². The molecule has 0 aromatic heterocycles. The number of ether oxygens (including phenoxy) is 1. The van der Waals surface area contributed by atoms with Crippen molar-refractivity contribution in [3.05, 3.63) is 29.8 Å². The van der Waals surface area contributed by atoms with E-state index in [-0.39, 0.29) is 18.9 Å². The molecule has 0 aliphatic carbocycles. The molecule has 1 atom stereocenters. The summed E-state index contributed by atoms with van der Waals surface area (Å²) in [7, 11) is 0. The second kappa shape index (κ2) is 8.29. The van der Waals surface area contributed by atoms with E-state index in [9.17, 15) is 18.0 Å². The minimum Gasteiger partial charge on any atom is -0.494 e. The lowest BCUT2D eigenvalue weighted by Crippen LogP contribution is -2.49. The molecule has 0 saturated carbocycles. The predicted octanol–water partition coefficient (Wildman–Crippen LogP) is 4.10. The smallest absolute Gasteiger partial charge is 0.405 e. The highest BCUT2D eigenvalue weighted by atomic mass is 19.4. The average molecular weight is 372 g/mol. The zero-order chi connectivity index (χ0) is 19.4.